The number of rotatable bonds is 3. The number of nitro groups is 1. The summed E-state index contributed by atoms with van der Waals surface area (Å²) in [5.74, 6) is -2.15. The molecule has 1 fully saturated rings. The summed E-state index contributed by atoms with van der Waals surface area (Å²) in [6, 6.07) is 3.50. The van der Waals surface area contributed by atoms with E-state index in [1.807, 2.05) is 0 Å². The largest absolute Gasteiger partial charge is 0.471 e. The molecule has 0 unspecified atom stereocenters. The first-order valence-electron chi connectivity index (χ1n) is 6.20. The maximum Gasteiger partial charge on any atom is 0.471 e. The molecule has 0 spiro atoms. The van der Waals surface area contributed by atoms with Gasteiger partial charge in [0.15, 0.2) is 0 Å². The summed E-state index contributed by atoms with van der Waals surface area (Å²) in [5.41, 5.74) is -0.223. The smallest absolute Gasteiger partial charge is 0.370 e. The molecule has 0 radical (unpaired) electrons. The lowest BCUT2D eigenvalue weighted by molar-refractivity contribution is -0.384. The fourth-order valence-electron chi connectivity index (χ4n) is 2.16. The van der Waals surface area contributed by atoms with Crippen molar-refractivity contribution in [3.05, 3.63) is 28.3 Å². The number of benzene rings is 1. The average molecular weight is 303 g/mol. The molecule has 1 amide bonds. The summed E-state index contributed by atoms with van der Waals surface area (Å²) in [7, 11) is 0. The minimum atomic E-state index is -5.05. The zero-order valence-corrected chi connectivity index (χ0v) is 10.8. The predicted octanol–water partition coefficient (Wildman–Crippen LogP) is 2.70. The third-order valence-corrected chi connectivity index (χ3v) is 3.14. The molecule has 21 heavy (non-hydrogen) atoms. The van der Waals surface area contributed by atoms with Crippen molar-refractivity contribution in [3.8, 4) is 0 Å². The Balaban J connectivity index is 2.36. The zero-order chi connectivity index (χ0) is 15.6. The number of nitrogens with one attached hydrogen (secondary N) is 1. The minimum Gasteiger partial charge on any atom is -0.370 e. The van der Waals surface area contributed by atoms with Crippen molar-refractivity contribution in [2.75, 3.05) is 23.3 Å². The molecule has 0 aromatic heterocycles. The highest BCUT2D eigenvalue weighted by atomic mass is 19.4. The second-order valence-electron chi connectivity index (χ2n) is 4.60. The Morgan fingerprint density at radius 2 is 1.90 bits per heavy atom. The summed E-state index contributed by atoms with van der Waals surface area (Å²) in [6.45, 7) is 1.26. The zero-order valence-electron chi connectivity index (χ0n) is 10.8. The Morgan fingerprint density at radius 3 is 2.43 bits per heavy atom. The van der Waals surface area contributed by atoms with Crippen molar-refractivity contribution in [2.24, 2.45) is 0 Å². The molecule has 1 heterocycles. The number of nitro benzene ring substituents is 1. The molecular formula is C12H12F3N3O3. The number of nitrogens with zero attached hydrogens (tertiary/aromatic N) is 2. The van der Waals surface area contributed by atoms with Crippen molar-refractivity contribution in [3.63, 3.8) is 0 Å². The van der Waals surface area contributed by atoms with Crippen molar-refractivity contribution < 1.29 is 22.9 Å². The summed E-state index contributed by atoms with van der Waals surface area (Å²) >= 11 is 0. The van der Waals surface area contributed by atoms with Crippen molar-refractivity contribution >= 4 is 23.0 Å². The number of amides is 1. The van der Waals surface area contributed by atoms with Crippen LogP contribution in [0.1, 0.15) is 12.8 Å². The molecule has 0 bridgehead atoms. The second kappa shape index (κ2) is 5.58. The second-order valence-corrected chi connectivity index (χ2v) is 4.60. The number of carbonyl (C=O) groups is 1. The summed E-state index contributed by atoms with van der Waals surface area (Å²) in [6.07, 6.45) is -3.29. The van der Waals surface area contributed by atoms with E-state index in [1.54, 1.807) is 10.2 Å². The summed E-state index contributed by atoms with van der Waals surface area (Å²) < 4.78 is 37.0. The molecule has 6 nitrogen and oxygen atoms in total. The number of halogens is 3. The molecular weight excluding hydrogens is 291 g/mol. The molecule has 1 N–H and O–H groups in total. The van der Waals surface area contributed by atoms with Gasteiger partial charge in [-0.25, -0.2) is 0 Å². The first-order chi connectivity index (χ1) is 9.79. The van der Waals surface area contributed by atoms with E-state index in [4.69, 9.17) is 0 Å². The molecule has 1 aromatic carbocycles. The monoisotopic (exact) mass is 303 g/mol. The van der Waals surface area contributed by atoms with E-state index < -0.39 is 17.0 Å². The Labute approximate surface area is 117 Å². The Morgan fingerprint density at radius 1 is 1.29 bits per heavy atom. The van der Waals surface area contributed by atoms with Crippen LogP contribution in [0, 0.1) is 10.1 Å². The normalized spacial score (nSPS) is 15.1. The molecule has 0 atom stereocenters. The van der Waals surface area contributed by atoms with Gasteiger partial charge in [-0.3, -0.25) is 14.9 Å². The van der Waals surface area contributed by atoms with Crippen LogP contribution in [0.4, 0.5) is 30.2 Å². The van der Waals surface area contributed by atoms with Gasteiger partial charge in [0.2, 0.25) is 0 Å². The minimum absolute atomic E-state index is 0.201. The maximum atomic E-state index is 12.3. The highest BCUT2D eigenvalue weighted by Crippen LogP contribution is 2.33. The molecule has 0 aliphatic carbocycles. The predicted molar refractivity (Wildman–Crippen MR) is 69.2 cm³/mol. The van der Waals surface area contributed by atoms with E-state index in [-0.39, 0.29) is 11.4 Å². The van der Waals surface area contributed by atoms with Crippen LogP contribution in [0.2, 0.25) is 0 Å². The molecule has 2 rings (SSSR count). The number of non-ortho nitro benzene ring substituents is 1. The molecule has 114 valence electrons. The third-order valence-electron chi connectivity index (χ3n) is 3.14. The van der Waals surface area contributed by atoms with Gasteiger partial charge in [0.1, 0.15) is 0 Å². The van der Waals surface area contributed by atoms with E-state index in [2.05, 4.69) is 0 Å². The number of alkyl halides is 3. The quantitative estimate of drug-likeness (QED) is 0.688. The standard InChI is InChI=1S/C12H12F3N3O3/c13-12(14,15)11(19)16-9-7-8(18(20)21)3-4-10(9)17-5-1-2-6-17/h3-4,7H,1-2,5-6H2,(H,16,19). The van der Waals surface area contributed by atoms with Gasteiger partial charge in [-0.05, 0) is 18.9 Å². The van der Waals surface area contributed by atoms with Gasteiger partial charge in [0.05, 0.1) is 16.3 Å². The molecule has 1 aromatic rings. The first-order valence-corrected chi connectivity index (χ1v) is 6.20. The molecule has 1 aliphatic rings. The topological polar surface area (TPSA) is 75.5 Å². The Kier molecular flexibility index (Phi) is 4.01. The van der Waals surface area contributed by atoms with Crippen LogP contribution in [-0.4, -0.2) is 30.1 Å². The maximum absolute atomic E-state index is 12.3. The number of carbonyl (C=O) groups excluding carboxylic acids is 1. The van der Waals surface area contributed by atoms with Crippen LogP contribution in [-0.2, 0) is 4.79 Å². The van der Waals surface area contributed by atoms with Crippen molar-refractivity contribution in [2.45, 2.75) is 19.0 Å². The van der Waals surface area contributed by atoms with Crippen LogP contribution in [0.25, 0.3) is 0 Å². The fourth-order valence-corrected chi connectivity index (χ4v) is 2.16. The Hall–Kier alpha value is -2.32. The summed E-state index contributed by atoms with van der Waals surface area (Å²) in [4.78, 5) is 22.8. The lowest BCUT2D eigenvalue weighted by Gasteiger charge is -2.21. The van der Waals surface area contributed by atoms with Gasteiger partial charge in [0, 0.05) is 25.2 Å². The van der Waals surface area contributed by atoms with Crippen LogP contribution in [0.15, 0.2) is 18.2 Å². The van der Waals surface area contributed by atoms with Crippen molar-refractivity contribution in [1.29, 1.82) is 0 Å². The van der Waals surface area contributed by atoms with E-state index in [0.29, 0.717) is 18.8 Å². The van der Waals surface area contributed by atoms with Crippen LogP contribution < -0.4 is 10.2 Å². The Bertz CT molecular complexity index is 569. The SMILES string of the molecule is O=C(Nc1cc([N+](=O)[O-])ccc1N1CCCC1)C(F)(F)F. The van der Waals surface area contributed by atoms with E-state index in [9.17, 15) is 28.1 Å². The lowest BCUT2D eigenvalue weighted by atomic mass is 10.2. The average Bonchev–Trinajstić information content (AvgIpc) is 2.91. The van der Waals surface area contributed by atoms with Gasteiger partial charge in [-0.15, -0.1) is 0 Å². The first kappa shape index (κ1) is 15.1. The number of hydrogen-bond donors (Lipinski definition) is 1. The van der Waals surface area contributed by atoms with Crippen molar-refractivity contribution in [1.82, 2.24) is 0 Å². The molecule has 1 aliphatic heterocycles. The van der Waals surface area contributed by atoms with Gasteiger partial charge in [-0.2, -0.15) is 13.2 Å². The lowest BCUT2D eigenvalue weighted by Crippen LogP contribution is -2.31. The van der Waals surface area contributed by atoms with Gasteiger partial charge < -0.3 is 10.2 Å². The number of anilines is 2. The van der Waals surface area contributed by atoms with Gasteiger partial charge >= 0.3 is 12.1 Å². The van der Waals surface area contributed by atoms with Gasteiger partial charge in [-0.1, -0.05) is 0 Å². The fraction of sp³-hybridized carbons (Fsp3) is 0.417. The third kappa shape index (κ3) is 3.41. The van der Waals surface area contributed by atoms with Crippen LogP contribution in [0.3, 0.4) is 0 Å². The van der Waals surface area contributed by atoms with Crippen LogP contribution in [0.5, 0.6) is 0 Å². The molecule has 0 saturated carbocycles. The molecule has 1 saturated heterocycles. The number of hydrogen-bond acceptors (Lipinski definition) is 4. The van der Waals surface area contributed by atoms with Crippen LogP contribution >= 0.6 is 0 Å². The van der Waals surface area contributed by atoms with E-state index in [1.165, 1.54) is 12.1 Å². The van der Waals surface area contributed by atoms with E-state index in [0.717, 1.165) is 18.9 Å². The summed E-state index contributed by atoms with van der Waals surface area (Å²) in [5, 5.41) is 12.4. The van der Waals surface area contributed by atoms with Gasteiger partial charge in [0.25, 0.3) is 5.69 Å². The molecule has 9 heteroatoms. The highest BCUT2D eigenvalue weighted by Gasteiger charge is 2.39. The highest BCUT2D eigenvalue weighted by molar-refractivity contribution is 5.98. The van der Waals surface area contributed by atoms with E-state index >= 15 is 0 Å².